The minimum Gasteiger partial charge on any atom is -0.184 e. The molecule has 46 valence electrons. The van der Waals surface area contributed by atoms with Crippen molar-refractivity contribution in [3.05, 3.63) is 36.4 Å². The zero-order valence-corrected chi connectivity index (χ0v) is 11.7. The first kappa shape index (κ1) is 17.5. The SMILES string of the molecule is [Cl-].[Li+].[Zn+][I].[c-]1ccccc1. The summed E-state index contributed by atoms with van der Waals surface area (Å²) < 4.78 is 0. The molecular weight excluding hydrogens is 307 g/mol. The van der Waals surface area contributed by atoms with Crippen LogP contribution in [0.1, 0.15) is 0 Å². The monoisotopic (exact) mass is 310 g/mol. The molecule has 0 nitrogen and oxygen atoms in total. The third kappa shape index (κ3) is 12.2. The van der Waals surface area contributed by atoms with E-state index in [1.54, 1.807) is 0 Å². The fourth-order valence-corrected chi connectivity index (χ4v) is 0.342. The van der Waals surface area contributed by atoms with Gasteiger partial charge in [-0.1, -0.05) is 0 Å². The Bertz CT molecular complexity index is 89.7. The average molecular weight is 312 g/mol. The summed E-state index contributed by atoms with van der Waals surface area (Å²) in [5, 5.41) is 0. The maximum Gasteiger partial charge on any atom is -0.171 e. The van der Waals surface area contributed by atoms with Gasteiger partial charge in [0.1, 0.15) is 0 Å². The molecule has 1 aromatic carbocycles. The Morgan fingerprint density at radius 2 is 1.40 bits per heavy atom. The summed E-state index contributed by atoms with van der Waals surface area (Å²) in [7, 11) is 0. The fourth-order valence-electron chi connectivity index (χ4n) is 0.342. The molecule has 0 saturated heterocycles. The second kappa shape index (κ2) is 16.8. The molecule has 1 aromatic rings. The smallest absolute Gasteiger partial charge is 0.171 e. The number of rotatable bonds is 0. The molecule has 0 radical (unpaired) electrons. The summed E-state index contributed by atoms with van der Waals surface area (Å²) in [4.78, 5) is 0. The summed E-state index contributed by atoms with van der Waals surface area (Å²) >= 11 is 3.62. The zero-order chi connectivity index (χ0) is 6.24. The number of hydrogen-bond acceptors (Lipinski definition) is 0. The van der Waals surface area contributed by atoms with Crippen LogP contribution in [0.2, 0.25) is 0 Å². The molecule has 1 rings (SSSR count). The third-order valence-electron chi connectivity index (χ3n) is 0.607. The van der Waals surface area contributed by atoms with Gasteiger partial charge in [-0.15, -0.1) is 0 Å². The summed E-state index contributed by atoms with van der Waals surface area (Å²) in [6.45, 7) is 0. The summed E-state index contributed by atoms with van der Waals surface area (Å²) in [5.41, 5.74) is 0. The van der Waals surface area contributed by atoms with E-state index in [1.165, 1.54) is 14.8 Å². The summed E-state index contributed by atoms with van der Waals surface area (Å²) in [6.07, 6.45) is 0. The van der Waals surface area contributed by atoms with Crippen LogP contribution in [0.3, 0.4) is 0 Å². The van der Waals surface area contributed by atoms with Gasteiger partial charge in [-0.25, -0.2) is 0 Å². The molecule has 0 aliphatic rings. The first-order chi connectivity index (χ1) is 4.00. The fraction of sp³-hybridized carbons (Fsp3) is 0. The molecule has 0 heterocycles. The van der Waals surface area contributed by atoms with E-state index in [0.29, 0.717) is 0 Å². The second-order valence-electron chi connectivity index (χ2n) is 1.08. The average Bonchev–Trinajstić information content (AvgIpc) is 1.96. The Morgan fingerprint density at radius 1 is 1.00 bits per heavy atom. The maximum absolute atomic E-state index is 2.89. The Balaban J connectivity index is -0.000000114. The third-order valence-corrected chi connectivity index (χ3v) is 0.607. The minimum absolute atomic E-state index is 0. The zero-order valence-electron chi connectivity index (χ0n) is 5.85. The quantitative estimate of drug-likeness (QED) is 0.264. The van der Waals surface area contributed by atoms with Crippen molar-refractivity contribution < 1.29 is 46.1 Å². The van der Waals surface area contributed by atoms with Gasteiger partial charge in [0.25, 0.3) is 0 Å². The molecule has 0 fully saturated rings. The van der Waals surface area contributed by atoms with Gasteiger partial charge in [-0.05, 0) is 0 Å². The van der Waals surface area contributed by atoms with Crippen molar-refractivity contribution in [3.63, 3.8) is 0 Å². The van der Waals surface area contributed by atoms with Gasteiger partial charge in [0.05, 0.1) is 0 Å². The molecule has 0 atom stereocenters. The van der Waals surface area contributed by atoms with Gasteiger partial charge >= 0.3 is 53.4 Å². The van der Waals surface area contributed by atoms with E-state index in [0.717, 1.165) is 0 Å². The van der Waals surface area contributed by atoms with E-state index in [2.05, 4.69) is 25.8 Å². The van der Waals surface area contributed by atoms with Crippen LogP contribution < -0.4 is 31.3 Å². The molecule has 0 unspecified atom stereocenters. The Morgan fingerprint density at radius 3 is 1.50 bits per heavy atom. The molecule has 0 aliphatic carbocycles. The Kier molecular flexibility index (Phi) is 29.5. The number of halogens is 2. The van der Waals surface area contributed by atoms with Crippen molar-refractivity contribution in [1.29, 1.82) is 0 Å². The van der Waals surface area contributed by atoms with E-state index in [9.17, 15) is 0 Å². The molecule has 0 aromatic heterocycles. The van der Waals surface area contributed by atoms with Gasteiger partial charge < -0.3 is 12.4 Å². The topological polar surface area (TPSA) is 0 Å². The van der Waals surface area contributed by atoms with Crippen molar-refractivity contribution in [2.24, 2.45) is 0 Å². The van der Waals surface area contributed by atoms with E-state index < -0.39 is 0 Å². The van der Waals surface area contributed by atoms with Crippen molar-refractivity contribution in [3.8, 4) is 0 Å². The predicted octanol–water partition coefficient (Wildman–Crippen LogP) is -3.62. The Labute approximate surface area is 101 Å². The van der Waals surface area contributed by atoms with Gasteiger partial charge in [0.15, 0.2) is 0 Å². The van der Waals surface area contributed by atoms with Crippen molar-refractivity contribution in [2.45, 2.75) is 0 Å². The first-order valence-corrected chi connectivity index (χ1v) is 11.2. The first-order valence-electron chi connectivity index (χ1n) is 2.18. The van der Waals surface area contributed by atoms with Gasteiger partial charge in [-0.2, -0.15) is 36.4 Å². The predicted molar refractivity (Wildman–Crippen MR) is 39.3 cm³/mol. The van der Waals surface area contributed by atoms with Crippen molar-refractivity contribution >= 4 is 19.8 Å². The summed E-state index contributed by atoms with van der Waals surface area (Å²) in [6, 6.07) is 12.5. The molecule has 0 N–H and O–H groups in total. The molecule has 0 spiro atoms. The van der Waals surface area contributed by atoms with Crippen LogP contribution in [-0.2, 0) is 14.8 Å². The molecule has 0 saturated carbocycles. The number of hydrogen-bond donors (Lipinski definition) is 0. The maximum atomic E-state index is 2.89. The molecule has 4 heteroatoms. The number of benzene rings is 1. The van der Waals surface area contributed by atoms with Gasteiger partial charge in [0.2, 0.25) is 0 Å². The van der Waals surface area contributed by atoms with E-state index >= 15 is 0 Å². The van der Waals surface area contributed by atoms with E-state index in [4.69, 9.17) is 0 Å². The van der Waals surface area contributed by atoms with Crippen LogP contribution >= 0.6 is 19.8 Å². The van der Waals surface area contributed by atoms with E-state index in [1.807, 2.05) is 30.3 Å². The molecule has 0 aliphatic heterocycles. The molecule has 10 heavy (non-hydrogen) atoms. The molecule has 0 amide bonds. The van der Waals surface area contributed by atoms with Gasteiger partial charge in [0, 0.05) is 0 Å². The largest absolute Gasteiger partial charge is 0.184 e. The van der Waals surface area contributed by atoms with Crippen LogP contribution in [0.25, 0.3) is 0 Å². The standard InChI is InChI=1S/C6H5.ClH.HI.Li.Zn/c1-2-4-6-5-3-1;;;;/h1-5H;2*1H;;/q-1;;;+1;+2/p-2. The van der Waals surface area contributed by atoms with E-state index in [-0.39, 0.29) is 31.3 Å². The van der Waals surface area contributed by atoms with Crippen molar-refractivity contribution in [2.75, 3.05) is 0 Å². The Hall–Kier alpha value is 1.46. The normalized spacial score (nSPS) is 5.50. The second-order valence-corrected chi connectivity index (χ2v) is 1.08. The molecular formula is C6H5ClILiZn. The van der Waals surface area contributed by atoms with Gasteiger partial charge in [-0.3, -0.25) is 0 Å². The minimum atomic E-state index is 0. The van der Waals surface area contributed by atoms with Crippen LogP contribution in [0.15, 0.2) is 30.3 Å². The van der Waals surface area contributed by atoms with Crippen LogP contribution in [0, 0.1) is 6.07 Å². The summed E-state index contributed by atoms with van der Waals surface area (Å²) in [5.74, 6) is 0. The van der Waals surface area contributed by atoms with Crippen LogP contribution in [0.5, 0.6) is 0 Å². The van der Waals surface area contributed by atoms with Crippen LogP contribution in [-0.4, -0.2) is 0 Å². The van der Waals surface area contributed by atoms with Crippen LogP contribution in [0.4, 0.5) is 0 Å². The molecule has 0 bridgehead atoms. The van der Waals surface area contributed by atoms with Crippen molar-refractivity contribution in [1.82, 2.24) is 0 Å².